The molecule has 0 atom stereocenters. The standard InChI is InChI=1S/C10H21NO2/c1-9(2)8-10(12)11-6-4-5-7-13-3/h9H,4-8H2,1-3H3,(H,11,12). The van der Waals surface area contributed by atoms with Gasteiger partial charge in [-0.05, 0) is 18.8 Å². The average Bonchev–Trinajstić information content (AvgIpc) is 2.02. The van der Waals surface area contributed by atoms with Crippen LogP contribution in [0.5, 0.6) is 0 Å². The molecule has 0 unspecified atom stereocenters. The number of amides is 1. The van der Waals surface area contributed by atoms with E-state index in [0.29, 0.717) is 12.3 Å². The quantitative estimate of drug-likeness (QED) is 0.614. The molecule has 0 bridgehead atoms. The van der Waals surface area contributed by atoms with Crippen molar-refractivity contribution in [2.75, 3.05) is 20.3 Å². The summed E-state index contributed by atoms with van der Waals surface area (Å²) in [6.07, 6.45) is 2.64. The molecule has 1 amide bonds. The van der Waals surface area contributed by atoms with E-state index in [9.17, 15) is 4.79 Å². The molecule has 0 rings (SSSR count). The molecule has 0 saturated heterocycles. The molecule has 0 aromatic carbocycles. The third-order valence-electron chi connectivity index (χ3n) is 1.69. The zero-order valence-corrected chi connectivity index (χ0v) is 8.93. The van der Waals surface area contributed by atoms with Crippen molar-refractivity contribution in [2.24, 2.45) is 5.92 Å². The van der Waals surface area contributed by atoms with E-state index in [0.717, 1.165) is 26.0 Å². The Bertz CT molecular complexity index is 135. The van der Waals surface area contributed by atoms with Gasteiger partial charge in [-0.3, -0.25) is 4.79 Å². The maximum atomic E-state index is 11.1. The van der Waals surface area contributed by atoms with Gasteiger partial charge in [-0.1, -0.05) is 13.8 Å². The van der Waals surface area contributed by atoms with Crippen LogP contribution in [0.3, 0.4) is 0 Å². The van der Waals surface area contributed by atoms with E-state index in [-0.39, 0.29) is 5.91 Å². The van der Waals surface area contributed by atoms with Gasteiger partial charge in [0.05, 0.1) is 0 Å². The van der Waals surface area contributed by atoms with Gasteiger partial charge in [-0.2, -0.15) is 0 Å². The van der Waals surface area contributed by atoms with Crippen LogP contribution in [0.1, 0.15) is 33.1 Å². The molecule has 1 N–H and O–H groups in total. The molecule has 3 nitrogen and oxygen atoms in total. The fraction of sp³-hybridized carbons (Fsp3) is 0.900. The highest BCUT2D eigenvalue weighted by Gasteiger charge is 2.02. The number of hydrogen-bond acceptors (Lipinski definition) is 2. The fourth-order valence-corrected chi connectivity index (χ4v) is 1.04. The number of rotatable bonds is 7. The van der Waals surface area contributed by atoms with Crippen molar-refractivity contribution in [1.29, 1.82) is 0 Å². The zero-order valence-electron chi connectivity index (χ0n) is 8.93. The van der Waals surface area contributed by atoms with Crippen LogP contribution < -0.4 is 5.32 Å². The lowest BCUT2D eigenvalue weighted by Gasteiger charge is -2.06. The smallest absolute Gasteiger partial charge is 0.220 e. The lowest BCUT2D eigenvalue weighted by atomic mass is 10.1. The molecule has 0 aliphatic heterocycles. The molecule has 0 aromatic heterocycles. The van der Waals surface area contributed by atoms with Gasteiger partial charge in [-0.25, -0.2) is 0 Å². The van der Waals surface area contributed by atoms with E-state index < -0.39 is 0 Å². The van der Waals surface area contributed by atoms with Crippen LogP contribution >= 0.6 is 0 Å². The summed E-state index contributed by atoms with van der Waals surface area (Å²) in [7, 11) is 1.69. The molecule has 3 heteroatoms. The number of ether oxygens (including phenoxy) is 1. The van der Waals surface area contributed by atoms with Gasteiger partial charge in [0.2, 0.25) is 5.91 Å². The predicted molar refractivity (Wildman–Crippen MR) is 53.6 cm³/mol. The Labute approximate surface area is 80.8 Å². The number of unbranched alkanes of at least 4 members (excludes halogenated alkanes) is 1. The van der Waals surface area contributed by atoms with E-state index in [4.69, 9.17) is 4.74 Å². The largest absolute Gasteiger partial charge is 0.385 e. The van der Waals surface area contributed by atoms with E-state index in [1.54, 1.807) is 7.11 Å². The average molecular weight is 187 g/mol. The first-order valence-corrected chi connectivity index (χ1v) is 4.92. The van der Waals surface area contributed by atoms with E-state index in [1.165, 1.54) is 0 Å². The molecule has 0 radical (unpaired) electrons. The van der Waals surface area contributed by atoms with Crippen LogP contribution in [0.4, 0.5) is 0 Å². The van der Waals surface area contributed by atoms with Crippen molar-refractivity contribution in [3.8, 4) is 0 Å². The molecule has 13 heavy (non-hydrogen) atoms. The maximum absolute atomic E-state index is 11.1. The third kappa shape index (κ3) is 9.34. The fourth-order valence-electron chi connectivity index (χ4n) is 1.04. The zero-order chi connectivity index (χ0) is 10.1. The first kappa shape index (κ1) is 12.4. The lowest BCUT2D eigenvalue weighted by molar-refractivity contribution is -0.121. The number of methoxy groups -OCH3 is 1. The highest BCUT2D eigenvalue weighted by Crippen LogP contribution is 1.98. The number of nitrogens with one attached hydrogen (secondary N) is 1. The molecule has 0 fully saturated rings. The molecule has 0 aliphatic carbocycles. The number of carbonyl (C=O) groups is 1. The second-order valence-electron chi connectivity index (χ2n) is 3.65. The van der Waals surface area contributed by atoms with Gasteiger partial charge >= 0.3 is 0 Å². The van der Waals surface area contributed by atoms with Gasteiger partial charge in [-0.15, -0.1) is 0 Å². The normalized spacial score (nSPS) is 10.5. The summed E-state index contributed by atoms with van der Waals surface area (Å²) < 4.78 is 4.90. The molecule has 0 aromatic rings. The minimum atomic E-state index is 0.160. The molecule has 0 heterocycles. The Morgan fingerprint density at radius 1 is 1.38 bits per heavy atom. The first-order chi connectivity index (χ1) is 6.16. The molecule has 0 spiro atoms. The molecular formula is C10H21NO2. The van der Waals surface area contributed by atoms with Crippen LogP contribution in [-0.4, -0.2) is 26.2 Å². The van der Waals surface area contributed by atoms with Crippen LogP contribution in [-0.2, 0) is 9.53 Å². The van der Waals surface area contributed by atoms with Crippen LogP contribution in [0.2, 0.25) is 0 Å². The van der Waals surface area contributed by atoms with Crippen molar-refractivity contribution in [1.82, 2.24) is 5.32 Å². The van der Waals surface area contributed by atoms with E-state index >= 15 is 0 Å². The first-order valence-electron chi connectivity index (χ1n) is 4.92. The Morgan fingerprint density at radius 2 is 2.08 bits per heavy atom. The second-order valence-corrected chi connectivity index (χ2v) is 3.65. The van der Waals surface area contributed by atoms with Gasteiger partial charge < -0.3 is 10.1 Å². The maximum Gasteiger partial charge on any atom is 0.220 e. The van der Waals surface area contributed by atoms with Crippen molar-refractivity contribution < 1.29 is 9.53 Å². The monoisotopic (exact) mass is 187 g/mol. The minimum Gasteiger partial charge on any atom is -0.385 e. The summed E-state index contributed by atoms with van der Waals surface area (Å²) in [5.41, 5.74) is 0. The topological polar surface area (TPSA) is 38.3 Å². The summed E-state index contributed by atoms with van der Waals surface area (Å²) in [6, 6.07) is 0. The summed E-state index contributed by atoms with van der Waals surface area (Å²) in [4.78, 5) is 11.1. The van der Waals surface area contributed by atoms with E-state index in [2.05, 4.69) is 5.32 Å². The van der Waals surface area contributed by atoms with Gasteiger partial charge in [0.15, 0.2) is 0 Å². The van der Waals surface area contributed by atoms with Gasteiger partial charge in [0.1, 0.15) is 0 Å². The molecular weight excluding hydrogens is 166 g/mol. The Hall–Kier alpha value is -0.570. The Morgan fingerprint density at radius 3 is 2.62 bits per heavy atom. The summed E-state index contributed by atoms with van der Waals surface area (Å²) in [6.45, 7) is 5.64. The van der Waals surface area contributed by atoms with Gasteiger partial charge in [0, 0.05) is 26.7 Å². The summed E-state index contributed by atoms with van der Waals surface area (Å²) in [5, 5.41) is 2.88. The Kier molecular flexibility index (Phi) is 7.69. The summed E-state index contributed by atoms with van der Waals surface area (Å²) in [5.74, 6) is 0.603. The van der Waals surface area contributed by atoms with Crippen molar-refractivity contribution in [3.05, 3.63) is 0 Å². The SMILES string of the molecule is COCCCCNC(=O)CC(C)C. The van der Waals surface area contributed by atoms with Crippen molar-refractivity contribution in [2.45, 2.75) is 33.1 Å². The highest BCUT2D eigenvalue weighted by atomic mass is 16.5. The number of hydrogen-bond donors (Lipinski definition) is 1. The van der Waals surface area contributed by atoms with Crippen molar-refractivity contribution >= 4 is 5.91 Å². The second kappa shape index (κ2) is 8.05. The molecule has 0 aliphatic rings. The number of carbonyl (C=O) groups excluding carboxylic acids is 1. The Balaban J connectivity index is 3.17. The van der Waals surface area contributed by atoms with Crippen LogP contribution in [0.15, 0.2) is 0 Å². The summed E-state index contributed by atoms with van der Waals surface area (Å²) >= 11 is 0. The highest BCUT2D eigenvalue weighted by molar-refractivity contribution is 5.75. The van der Waals surface area contributed by atoms with Gasteiger partial charge in [0.25, 0.3) is 0 Å². The minimum absolute atomic E-state index is 0.160. The molecule has 0 saturated carbocycles. The van der Waals surface area contributed by atoms with E-state index in [1.807, 2.05) is 13.8 Å². The molecule has 78 valence electrons. The lowest BCUT2D eigenvalue weighted by Crippen LogP contribution is -2.25. The predicted octanol–water partition coefficient (Wildman–Crippen LogP) is 1.58. The van der Waals surface area contributed by atoms with Crippen LogP contribution in [0, 0.1) is 5.92 Å². The third-order valence-corrected chi connectivity index (χ3v) is 1.69. The van der Waals surface area contributed by atoms with Crippen LogP contribution in [0.25, 0.3) is 0 Å². The van der Waals surface area contributed by atoms with Crippen molar-refractivity contribution in [3.63, 3.8) is 0 Å².